The molecule has 9 heteroatoms. The highest BCUT2D eigenvalue weighted by Crippen LogP contribution is 2.34. The van der Waals surface area contributed by atoms with Crippen LogP contribution in [0.25, 0.3) is 22.0 Å². The third-order valence-electron chi connectivity index (χ3n) is 5.60. The largest absolute Gasteiger partial charge is 0.416 e. The smallest absolute Gasteiger partial charge is 0.394 e. The number of hydrogen-bond acceptors (Lipinski definition) is 5. The van der Waals surface area contributed by atoms with E-state index in [1.807, 2.05) is 24.3 Å². The number of aromatic nitrogens is 2. The third kappa shape index (κ3) is 4.16. The summed E-state index contributed by atoms with van der Waals surface area (Å²) in [7, 11) is 0. The van der Waals surface area contributed by atoms with Crippen molar-refractivity contribution in [1.29, 1.82) is 0 Å². The van der Waals surface area contributed by atoms with Crippen LogP contribution >= 0.6 is 0 Å². The summed E-state index contributed by atoms with van der Waals surface area (Å²) in [5, 5.41) is 23.0. The van der Waals surface area contributed by atoms with E-state index in [0.29, 0.717) is 30.0 Å². The minimum atomic E-state index is -4.41. The Balaban J connectivity index is 1.65. The number of nitrogens with one attached hydrogen (secondary N) is 1. The molecule has 0 bridgehead atoms. The van der Waals surface area contributed by atoms with E-state index in [9.17, 15) is 23.1 Å². The second kappa shape index (κ2) is 8.58. The number of aliphatic hydroxyl groups excluding tert-OH is 1. The molecule has 0 saturated carbocycles. The fourth-order valence-electron chi connectivity index (χ4n) is 4.02. The maximum atomic E-state index is 12.9. The van der Waals surface area contributed by atoms with E-state index in [-0.39, 0.29) is 24.6 Å². The molecular weight excluding hydrogens is 421 g/mol. The van der Waals surface area contributed by atoms with Crippen molar-refractivity contribution in [3.05, 3.63) is 66.7 Å². The van der Waals surface area contributed by atoms with E-state index in [4.69, 9.17) is 0 Å². The Morgan fingerprint density at radius 1 is 1.16 bits per heavy atom. The van der Waals surface area contributed by atoms with Gasteiger partial charge in [-0.3, -0.25) is 4.79 Å². The molecule has 32 heavy (non-hydrogen) atoms. The van der Waals surface area contributed by atoms with Gasteiger partial charge in [-0.1, -0.05) is 43.0 Å². The maximum Gasteiger partial charge on any atom is 0.416 e. The van der Waals surface area contributed by atoms with Crippen molar-refractivity contribution >= 4 is 22.5 Å². The zero-order valence-electron chi connectivity index (χ0n) is 17.0. The molecule has 0 aliphatic carbocycles. The first-order chi connectivity index (χ1) is 15.3. The van der Waals surface area contributed by atoms with Gasteiger partial charge in [0.05, 0.1) is 18.2 Å². The highest BCUT2D eigenvalue weighted by Gasteiger charge is 2.34. The van der Waals surface area contributed by atoms with Crippen LogP contribution in [-0.4, -0.2) is 51.3 Å². The molecule has 0 radical (unpaired) electrons. The minimum Gasteiger partial charge on any atom is -0.394 e. The first kappa shape index (κ1) is 21.8. The molecule has 0 unspecified atom stereocenters. The zero-order chi connectivity index (χ0) is 22.9. The molecule has 1 aliphatic rings. The zero-order valence-corrected chi connectivity index (χ0v) is 17.0. The van der Waals surface area contributed by atoms with Crippen LogP contribution in [0.5, 0.6) is 0 Å². The van der Waals surface area contributed by atoms with Gasteiger partial charge in [0, 0.05) is 28.9 Å². The van der Waals surface area contributed by atoms with Gasteiger partial charge in [-0.05, 0) is 24.6 Å². The molecule has 1 aromatic heterocycles. The highest BCUT2D eigenvalue weighted by atomic mass is 19.4. The summed E-state index contributed by atoms with van der Waals surface area (Å²) in [6, 6.07) is 11.7. The number of hydrogen-bond donors (Lipinski definition) is 2. The molecule has 1 saturated heterocycles. The Labute approximate surface area is 182 Å². The van der Waals surface area contributed by atoms with Gasteiger partial charge in [-0.15, -0.1) is 10.2 Å². The van der Waals surface area contributed by atoms with Gasteiger partial charge in [-0.25, -0.2) is 0 Å². The average molecular weight is 442 g/mol. The summed E-state index contributed by atoms with van der Waals surface area (Å²) in [4.78, 5) is 13.6. The molecule has 2 aromatic carbocycles. The first-order valence-electron chi connectivity index (χ1n) is 10.0. The second-order valence-corrected chi connectivity index (χ2v) is 7.63. The summed E-state index contributed by atoms with van der Waals surface area (Å²) >= 11 is 0. The van der Waals surface area contributed by atoms with E-state index >= 15 is 0 Å². The minimum absolute atomic E-state index is 0.148. The predicted octanol–water partition coefficient (Wildman–Crippen LogP) is 3.88. The number of likely N-dealkylation sites (tertiary alicyclic amines) is 1. The van der Waals surface area contributed by atoms with Crippen LogP contribution in [0.1, 0.15) is 12.0 Å². The third-order valence-corrected chi connectivity index (χ3v) is 5.60. The molecule has 1 fully saturated rings. The number of halogens is 3. The standard InChI is InChI=1S/C23H21F3N4O2/c1-2-20(32)30-12-16(11-17(30)13-31)27-22-19-6-4-3-5-18(19)21(28-29-22)14-7-9-15(10-8-14)23(24,25)26/h2-10,16-17,31H,1,11-13H2,(H,27,29)/t16-,17-/m0/s1. The van der Waals surface area contributed by atoms with Crippen LogP contribution < -0.4 is 5.32 Å². The number of nitrogens with zero attached hydrogens (tertiary/aromatic N) is 3. The molecule has 6 nitrogen and oxygen atoms in total. The molecule has 1 aliphatic heterocycles. The van der Waals surface area contributed by atoms with E-state index in [0.717, 1.165) is 22.9 Å². The summed E-state index contributed by atoms with van der Waals surface area (Å²) in [5.74, 6) is 0.257. The summed E-state index contributed by atoms with van der Waals surface area (Å²) in [6.45, 7) is 3.73. The topological polar surface area (TPSA) is 78.4 Å². The van der Waals surface area contributed by atoms with E-state index < -0.39 is 11.7 Å². The number of carbonyl (C=O) groups excluding carboxylic acids is 1. The Bertz CT molecular complexity index is 1150. The van der Waals surface area contributed by atoms with Crippen molar-refractivity contribution in [3.63, 3.8) is 0 Å². The van der Waals surface area contributed by atoms with Crippen LogP contribution in [0.15, 0.2) is 61.2 Å². The van der Waals surface area contributed by atoms with Gasteiger partial charge in [0.1, 0.15) is 5.69 Å². The number of anilines is 1. The van der Waals surface area contributed by atoms with Crippen LogP contribution in [0, 0.1) is 0 Å². The van der Waals surface area contributed by atoms with Gasteiger partial charge < -0.3 is 15.3 Å². The number of alkyl halides is 3. The van der Waals surface area contributed by atoms with Gasteiger partial charge >= 0.3 is 6.18 Å². The van der Waals surface area contributed by atoms with Crippen LogP contribution in [0.4, 0.5) is 19.0 Å². The molecule has 2 atom stereocenters. The highest BCUT2D eigenvalue weighted by molar-refractivity contribution is 6.00. The fraction of sp³-hybridized carbons (Fsp3) is 0.261. The van der Waals surface area contributed by atoms with Gasteiger partial charge in [-0.2, -0.15) is 13.2 Å². The van der Waals surface area contributed by atoms with Crippen molar-refractivity contribution < 1.29 is 23.1 Å². The lowest BCUT2D eigenvalue weighted by atomic mass is 10.0. The first-order valence-corrected chi connectivity index (χ1v) is 10.0. The fourth-order valence-corrected chi connectivity index (χ4v) is 4.02. The number of carbonyl (C=O) groups is 1. The summed E-state index contributed by atoms with van der Waals surface area (Å²) in [6.07, 6.45) is -2.65. The van der Waals surface area contributed by atoms with E-state index in [1.54, 1.807) is 4.90 Å². The van der Waals surface area contributed by atoms with Crippen molar-refractivity contribution in [2.24, 2.45) is 0 Å². The molecule has 166 valence electrons. The predicted molar refractivity (Wildman–Crippen MR) is 115 cm³/mol. The second-order valence-electron chi connectivity index (χ2n) is 7.63. The summed E-state index contributed by atoms with van der Waals surface area (Å²) in [5.41, 5.74) is 0.273. The number of amides is 1. The van der Waals surface area contributed by atoms with Crippen molar-refractivity contribution in [2.45, 2.75) is 24.7 Å². The average Bonchev–Trinajstić information content (AvgIpc) is 3.21. The molecule has 1 amide bonds. The number of aliphatic hydroxyl groups is 1. The Kier molecular flexibility index (Phi) is 5.84. The quantitative estimate of drug-likeness (QED) is 0.587. The number of rotatable bonds is 5. The van der Waals surface area contributed by atoms with E-state index in [2.05, 4.69) is 22.1 Å². The maximum absolute atomic E-state index is 12.9. The normalized spacial score (nSPS) is 18.7. The van der Waals surface area contributed by atoms with Gasteiger partial charge in [0.2, 0.25) is 5.91 Å². The molecule has 2 heterocycles. The Morgan fingerprint density at radius 2 is 1.84 bits per heavy atom. The Morgan fingerprint density at radius 3 is 2.47 bits per heavy atom. The lowest BCUT2D eigenvalue weighted by Gasteiger charge is -2.20. The molecule has 0 spiro atoms. The SMILES string of the molecule is C=CC(=O)N1C[C@@H](Nc2nnc(-c3ccc(C(F)(F)F)cc3)c3ccccc23)C[C@H]1CO. The molecular formula is C23H21F3N4O2. The van der Waals surface area contributed by atoms with Crippen molar-refractivity contribution in [3.8, 4) is 11.3 Å². The van der Waals surface area contributed by atoms with Crippen LogP contribution in [0.2, 0.25) is 0 Å². The molecule has 2 N–H and O–H groups in total. The number of benzene rings is 2. The molecule has 3 aromatic rings. The van der Waals surface area contributed by atoms with Gasteiger partial charge in [0.15, 0.2) is 5.82 Å². The summed E-state index contributed by atoms with van der Waals surface area (Å²) < 4.78 is 38.7. The monoisotopic (exact) mass is 442 g/mol. The molecule has 4 rings (SSSR count). The van der Waals surface area contributed by atoms with Crippen LogP contribution in [0.3, 0.4) is 0 Å². The van der Waals surface area contributed by atoms with Crippen LogP contribution in [-0.2, 0) is 11.0 Å². The Hall–Kier alpha value is -3.46. The van der Waals surface area contributed by atoms with Crippen molar-refractivity contribution in [2.75, 3.05) is 18.5 Å². The van der Waals surface area contributed by atoms with E-state index in [1.165, 1.54) is 18.2 Å². The lowest BCUT2D eigenvalue weighted by molar-refractivity contribution is -0.137. The number of fused-ring (bicyclic) bond motifs is 1. The lowest BCUT2D eigenvalue weighted by Crippen LogP contribution is -2.37. The van der Waals surface area contributed by atoms with Gasteiger partial charge in [0.25, 0.3) is 0 Å². The van der Waals surface area contributed by atoms with Crippen molar-refractivity contribution in [1.82, 2.24) is 15.1 Å².